The van der Waals surface area contributed by atoms with E-state index in [1.54, 1.807) is 19.1 Å². The van der Waals surface area contributed by atoms with Gasteiger partial charge in [-0.05, 0) is 43.9 Å². The van der Waals surface area contributed by atoms with E-state index in [9.17, 15) is 13.2 Å². The molecule has 0 heterocycles. The van der Waals surface area contributed by atoms with E-state index in [0.717, 1.165) is 19.3 Å². The van der Waals surface area contributed by atoms with Gasteiger partial charge in [-0.15, -0.1) is 12.4 Å². The molecule has 1 amide bonds. The molecular weight excluding hydrogens is 338 g/mol. The van der Waals surface area contributed by atoms with Gasteiger partial charge in [0, 0.05) is 11.7 Å². The Labute approximate surface area is 143 Å². The summed E-state index contributed by atoms with van der Waals surface area (Å²) in [6.45, 7) is 3.68. The Kier molecular flexibility index (Phi) is 7.01. The number of hydrogen-bond acceptors (Lipinski definition) is 4. The van der Waals surface area contributed by atoms with Gasteiger partial charge in [-0.25, -0.2) is 13.1 Å². The first-order chi connectivity index (χ1) is 10.3. The number of rotatable bonds is 7. The maximum atomic E-state index is 12.3. The lowest BCUT2D eigenvalue weighted by Gasteiger charge is -2.14. The van der Waals surface area contributed by atoms with Crippen LogP contribution in [0.25, 0.3) is 0 Å². The van der Waals surface area contributed by atoms with E-state index in [1.165, 1.54) is 6.07 Å². The number of nitrogens with two attached hydrogens (primary N) is 1. The minimum absolute atomic E-state index is 0. The lowest BCUT2D eigenvalue weighted by molar-refractivity contribution is -0.117. The smallest absolute Gasteiger partial charge is 0.241 e. The molecule has 0 aromatic heterocycles. The van der Waals surface area contributed by atoms with E-state index >= 15 is 0 Å². The highest BCUT2D eigenvalue weighted by molar-refractivity contribution is 7.89. The predicted octanol–water partition coefficient (Wildman–Crippen LogP) is 1.92. The lowest BCUT2D eigenvalue weighted by Crippen LogP contribution is -2.35. The van der Waals surface area contributed by atoms with Crippen LogP contribution in [0.2, 0.25) is 0 Å². The van der Waals surface area contributed by atoms with Crippen molar-refractivity contribution in [3.8, 4) is 0 Å². The number of carbonyl (C=O) groups excluding carboxylic acids is 1. The Balaban J connectivity index is 0.00000264. The quantitative estimate of drug-likeness (QED) is 0.690. The van der Waals surface area contributed by atoms with Crippen LogP contribution >= 0.6 is 12.4 Å². The van der Waals surface area contributed by atoms with Gasteiger partial charge in [-0.1, -0.05) is 19.4 Å². The second-order valence-corrected chi connectivity index (χ2v) is 7.44. The summed E-state index contributed by atoms with van der Waals surface area (Å²) >= 11 is 0. The standard InChI is InChI=1S/C15H23N3O3S.ClH/c1-3-4-13(16)15(19)17-12-6-5-10(2)14(9-12)22(20,21)18-11-7-8-11;/h5-6,9,11,13,18H,3-4,7-8,16H2,1-2H3,(H,17,19);1H. The van der Waals surface area contributed by atoms with Gasteiger partial charge in [0.2, 0.25) is 15.9 Å². The molecule has 0 spiro atoms. The molecule has 0 aliphatic heterocycles. The molecule has 0 bridgehead atoms. The zero-order valence-corrected chi connectivity index (χ0v) is 15.0. The third-order valence-electron chi connectivity index (χ3n) is 3.58. The fraction of sp³-hybridized carbons (Fsp3) is 0.533. The van der Waals surface area contributed by atoms with E-state index < -0.39 is 16.1 Å². The van der Waals surface area contributed by atoms with Gasteiger partial charge < -0.3 is 11.1 Å². The molecule has 23 heavy (non-hydrogen) atoms. The second kappa shape index (κ2) is 8.10. The molecule has 1 saturated carbocycles. The van der Waals surface area contributed by atoms with Crippen LogP contribution in [0.15, 0.2) is 23.1 Å². The van der Waals surface area contributed by atoms with Crippen LogP contribution in [0, 0.1) is 6.92 Å². The van der Waals surface area contributed by atoms with E-state index in [4.69, 9.17) is 5.73 Å². The number of carbonyl (C=O) groups is 1. The summed E-state index contributed by atoms with van der Waals surface area (Å²) in [6.07, 6.45) is 3.15. The highest BCUT2D eigenvalue weighted by Gasteiger charge is 2.29. The van der Waals surface area contributed by atoms with Gasteiger partial charge in [-0.3, -0.25) is 4.79 Å². The average molecular weight is 362 g/mol. The summed E-state index contributed by atoms with van der Waals surface area (Å²) < 4.78 is 27.3. The number of benzene rings is 1. The molecule has 130 valence electrons. The molecule has 2 rings (SSSR count). The fourth-order valence-electron chi connectivity index (χ4n) is 2.13. The van der Waals surface area contributed by atoms with Crippen molar-refractivity contribution >= 4 is 34.0 Å². The number of halogens is 1. The van der Waals surface area contributed by atoms with Crippen molar-refractivity contribution in [3.63, 3.8) is 0 Å². The van der Waals surface area contributed by atoms with Crippen molar-refractivity contribution in [1.29, 1.82) is 0 Å². The Morgan fingerprint density at radius 2 is 2.04 bits per heavy atom. The molecule has 6 nitrogen and oxygen atoms in total. The van der Waals surface area contributed by atoms with Gasteiger partial charge in [0.1, 0.15) is 0 Å². The van der Waals surface area contributed by atoms with Crippen molar-refractivity contribution in [2.75, 3.05) is 5.32 Å². The van der Waals surface area contributed by atoms with E-state index in [-0.39, 0.29) is 29.3 Å². The molecule has 1 fully saturated rings. The minimum Gasteiger partial charge on any atom is -0.325 e. The minimum atomic E-state index is -3.55. The van der Waals surface area contributed by atoms with Gasteiger partial charge in [0.15, 0.2) is 0 Å². The molecule has 1 aliphatic rings. The molecule has 4 N–H and O–H groups in total. The first-order valence-electron chi connectivity index (χ1n) is 7.53. The number of hydrogen-bond donors (Lipinski definition) is 3. The van der Waals surface area contributed by atoms with Gasteiger partial charge in [0.25, 0.3) is 0 Å². The maximum Gasteiger partial charge on any atom is 0.241 e. The largest absolute Gasteiger partial charge is 0.325 e. The van der Waals surface area contributed by atoms with Crippen LogP contribution in [0.3, 0.4) is 0 Å². The Hall–Kier alpha value is -1.15. The van der Waals surface area contributed by atoms with Crippen LogP contribution in [0.1, 0.15) is 38.2 Å². The summed E-state index contributed by atoms with van der Waals surface area (Å²) in [4.78, 5) is 12.1. The number of sulfonamides is 1. The summed E-state index contributed by atoms with van der Waals surface area (Å²) in [5, 5.41) is 2.68. The van der Waals surface area contributed by atoms with Crippen LogP contribution in [0.5, 0.6) is 0 Å². The first kappa shape index (κ1) is 19.9. The molecule has 0 radical (unpaired) electrons. The Morgan fingerprint density at radius 1 is 1.39 bits per heavy atom. The van der Waals surface area contributed by atoms with E-state index in [1.807, 2.05) is 6.92 Å². The van der Waals surface area contributed by atoms with Crippen molar-refractivity contribution in [1.82, 2.24) is 4.72 Å². The zero-order valence-electron chi connectivity index (χ0n) is 13.3. The number of anilines is 1. The molecule has 8 heteroatoms. The van der Waals surface area contributed by atoms with Crippen LogP contribution in [-0.2, 0) is 14.8 Å². The monoisotopic (exact) mass is 361 g/mol. The second-order valence-electron chi connectivity index (χ2n) is 5.76. The molecule has 1 aromatic rings. The summed E-state index contributed by atoms with van der Waals surface area (Å²) in [5.74, 6) is -0.302. The molecule has 1 unspecified atom stereocenters. The summed E-state index contributed by atoms with van der Waals surface area (Å²) in [7, 11) is -3.55. The zero-order chi connectivity index (χ0) is 16.3. The highest BCUT2D eigenvalue weighted by atomic mass is 35.5. The molecular formula is C15H24ClN3O3S. The fourth-order valence-corrected chi connectivity index (χ4v) is 3.70. The van der Waals surface area contributed by atoms with Crippen LogP contribution < -0.4 is 15.8 Å². The average Bonchev–Trinajstić information content (AvgIpc) is 3.24. The topological polar surface area (TPSA) is 101 Å². The van der Waals surface area contributed by atoms with E-state index in [2.05, 4.69) is 10.0 Å². The molecule has 1 atom stereocenters. The number of nitrogens with one attached hydrogen (secondary N) is 2. The molecule has 1 aromatic carbocycles. The molecule has 0 saturated heterocycles. The SMILES string of the molecule is CCCC(N)C(=O)Nc1ccc(C)c(S(=O)(=O)NC2CC2)c1.Cl. The van der Waals surface area contributed by atoms with Crippen molar-refractivity contribution in [3.05, 3.63) is 23.8 Å². The Morgan fingerprint density at radius 3 is 2.61 bits per heavy atom. The first-order valence-corrected chi connectivity index (χ1v) is 9.01. The lowest BCUT2D eigenvalue weighted by atomic mass is 10.1. The van der Waals surface area contributed by atoms with Crippen molar-refractivity contribution in [2.24, 2.45) is 5.73 Å². The highest BCUT2D eigenvalue weighted by Crippen LogP contribution is 2.25. The van der Waals surface area contributed by atoms with Gasteiger partial charge in [0.05, 0.1) is 10.9 Å². The molecule has 1 aliphatic carbocycles. The maximum absolute atomic E-state index is 12.3. The predicted molar refractivity (Wildman–Crippen MR) is 93.3 cm³/mol. The third-order valence-corrected chi connectivity index (χ3v) is 5.24. The number of aryl methyl sites for hydroxylation is 1. The summed E-state index contributed by atoms with van der Waals surface area (Å²) in [6, 6.07) is 4.30. The van der Waals surface area contributed by atoms with Crippen molar-refractivity contribution in [2.45, 2.75) is 56.5 Å². The van der Waals surface area contributed by atoms with Crippen molar-refractivity contribution < 1.29 is 13.2 Å². The number of amides is 1. The van der Waals surface area contributed by atoms with Crippen LogP contribution in [-0.4, -0.2) is 26.4 Å². The van der Waals surface area contributed by atoms with Gasteiger partial charge in [-0.2, -0.15) is 0 Å². The van der Waals surface area contributed by atoms with Gasteiger partial charge >= 0.3 is 0 Å². The summed E-state index contributed by atoms with van der Waals surface area (Å²) in [5.41, 5.74) is 6.85. The van der Waals surface area contributed by atoms with Crippen LogP contribution in [0.4, 0.5) is 5.69 Å². The Bertz CT molecular complexity index is 660. The third kappa shape index (κ3) is 5.46. The van der Waals surface area contributed by atoms with E-state index in [0.29, 0.717) is 17.7 Å². The normalized spacial score (nSPS) is 15.6.